The average Bonchev–Trinajstić information content (AvgIpc) is 3.17. The molecule has 0 aromatic carbocycles. The number of hydrogen-bond donors (Lipinski definition) is 0. The monoisotopic (exact) mass is 340 g/mol. The molecule has 2 saturated heterocycles. The van der Waals surface area contributed by atoms with Gasteiger partial charge in [-0.15, -0.1) is 0 Å². The molecule has 4 heterocycles. The van der Waals surface area contributed by atoms with E-state index in [0.717, 1.165) is 51.4 Å². The molecule has 4 rings (SSSR count). The van der Waals surface area contributed by atoms with E-state index in [2.05, 4.69) is 29.3 Å². The van der Waals surface area contributed by atoms with Crippen molar-refractivity contribution in [1.82, 2.24) is 24.4 Å². The smallest absolute Gasteiger partial charge is 0.225 e. The predicted molar refractivity (Wildman–Crippen MR) is 93.9 cm³/mol. The fourth-order valence-electron chi connectivity index (χ4n) is 4.12. The van der Waals surface area contributed by atoms with Gasteiger partial charge in [0, 0.05) is 63.4 Å². The highest BCUT2D eigenvalue weighted by atomic mass is 16.2. The summed E-state index contributed by atoms with van der Waals surface area (Å²) in [5.74, 6) is 1.64. The summed E-state index contributed by atoms with van der Waals surface area (Å²) in [6.45, 7) is 3.60. The summed E-state index contributed by atoms with van der Waals surface area (Å²) in [5.41, 5.74) is 0. The first-order valence-electron chi connectivity index (χ1n) is 9.08. The lowest BCUT2D eigenvalue weighted by Gasteiger charge is -2.47. The summed E-state index contributed by atoms with van der Waals surface area (Å²) in [4.78, 5) is 29.7. The first-order valence-corrected chi connectivity index (χ1v) is 9.08. The normalized spacial score (nSPS) is 23.6. The van der Waals surface area contributed by atoms with Crippen LogP contribution in [0.5, 0.6) is 0 Å². The first-order chi connectivity index (χ1) is 12.3. The Morgan fingerprint density at radius 2 is 2.00 bits per heavy atom. The van der Waals surface area contributed by atoms with E-state index in [1.54, 1.807) is 18.6 Å². The van der Waals surface area contributed by atoms with Gasteiger partial charge in [-0.1, -0.05) is 0 Å². The minimum absolute atomic E-state index is 0.316. The molecule has 2 aromatic rings. The molecular weight excluding hydrogens is 316 g/mol. The van der Waals surface area contributed by atoms with Crippen LogP contribution in [-0.4, -0.2) is 56.0 Å². The number of anilines is 1. The quantitative estimate of drug-likeness (QED) is 0.827. The Morgan fingerprint density at radius 3 is 2.80 bits per heavy atom. The molecule has 2 aliphatic heterocycles. The zero-order valence-corrected chi connectivity index (χ0v) is 14.4. The Morgan fingerprint density at radius 1 is 1.12 bits per heavy atom. The summed E-state index contributed by atoms with van der Waals surface area (Å²) < 4.78 is 2.07. The van der Waals surface area contributed by atoms with Crippen LogP contribution in [0.3, 0.4) is 0 Å². The maximum Gasteiger partial charge on any atom is 0.225 e. The van der Waals surface area contributed by atoms with Gasteiger partial charge in [0.05, 0.1) is 6.33 Å². The topological polar surface area (TPSA) is 67.2 Å². The largest absolute Gasteiger partial charge is 0.340 e. The van der Waals surface area contributed by atoms with Gasteiger partial charge in [-0.2, -0.15) is 0 Å². The van der Waals surface area contributed by atoms with E-state index >= 15 is 0 Å². The molecule has 0 saturated carbocycles. The standard InChI is InChI=1S/C18H24N6O/c25-17-4-3-15-13-23(18-20-6-1-7-21-18)11-5-16(15)24(17)10-2-9-22-12-8-19-14-22/h1,6-8,12,14-16H,2-5,9-11,13H2/t15-,16+/m1/s1. The number of carbonyl (C=O) groups is 1. The number of hydrogen-bond acceptors (Lipinski definition) is 5. The van der Waals surface area contributed by atoms with Gasteiger partial charge in [0.1, 0.15) is 0 Å². The van der Waals surface area contributed by atoms with Crippen LogP contribution in [0.2, 0.25) is 0 Å². The minimum atomic E-state index is 0.316. The molecule has 0 unspecified atom stereocenters. The predicted octanol–water partition coefficient (Wildman–Crippen LogP) is 1.58. The zero-order chi connectivity index (χ0) is 17.1. The van der Waals surface area contributed by atoms with Crippen molar-refractivity contribution >= 4 is 11.9 Å². The number of aryl methyl sites for hydroxylation is 1. The van der Waals surface area contributed by atoms with E-state index in [0.29, 0.717) is 24.3 Å². The Labute approximate surface area is 147 Å². The van der Waals surface area contributed by atoms with E-state index in [1.807, 2.05) is 18.6 Å². The number of piperidine rings is 2. The number of amides is 1. The second kappa shape index (κ2) is 7.21. The number of carbonyl (C=O) groups excluding carboxylic acids is 1. The second-order valence-electron chi connectivity index (χ2n) is 6.89. The van der Waals surface area contributed by atoms with Crippen molar-refractivity contribution < 1.29 is 4.79 Å². The Bertz CT molecular complexity index is 689. The minimum Gasteiger partial charge on any atom is -0.340 e. The van der Waals surface area contributed by atoms with Gasteiger partial charge >= 0.3 is 0 Å². The van der Waals surface area contributed by atoms with Gasteiger partial charge < -0.3 is 14.4 Å². The lowest BCUT2D eigenvalue weighted by atomic mass is 9.83. The van der Waals surface area contributed by atoms with Gasteiger partial charge in [-0.25, -0.2) is 15.0 Å². The third kappa shape index (κ3) is 3.50. The highest BCUT2D eigenvalue weighted by Gasteiger charge is 2.39. The van der Waals surface area contributed by atoms with Crippen molar-refractivity contribution in [2.45, 2.75) is 38.3 Å². The lowest BCUT2D eigenvalue weighted by Crippen LogP contribution is -2.56. The highest BCUT2D eigenvalue weighted by Crippen LogP contribution is 2.32. The molecule has 2 aromatic heterocycles. The van der Waals surface area contributed by atoms with Gasteiger partial charge in [0.25, 0.3) is 0 Å². The van der Waals surface area contributed by atoms with Crippen LogP contribution in [0, 0.1) is 5.92 Å². The van der Waals surface area contributed by atoms with Crippen molar-refractivity contribution in [2.24, 2.45) is 5.92 Å². The summed E-state index contributed by atoms with van der Waals surface area (Å²) in [6.07, 6.45) is 12.8. The Kier molecular flexibility index (Phi) is 4.63. The molecule has 132 valence electrons. The number of nitrogens with zero attached hydrogens (tertiary/aromatic N) is 6. The molecule has 0 spiro atoms. The number of fused-ring (bicyclic) bond motifs is 1. The molecule has 0 bridgehead atoms. The average molecular weight is 340 g/mol. The number of imidazole rings is 1. The van der Waals surface area contributed by atoms with Crippen molar-refractivity contribution in [1.29, 1.82) is 0 Å². The molecule has 0 aliphatic carbocycles. The van der Waals surface area contributed by atoms with Gasteiger partial charge in [0.15, 0.2) is 0 Å². The molecular formula is C18H24N6O. The van der Waals surface area contributed by atoms with E-state index in [4.69, 9.17) is 0 Å². The number of likely N-dealkylation sites (tertiary alicyclic amines) is 1. The fourth-order valence-corrected chi connectivity index (χ4v) is 4.12. The van der Waals surface area contributed by atoms with Gasteiger partial charge in [-0.3, -0.25) is 4.79 Å². The van der Waals surface area contributed by atoms with Gasteiger partial charge in [-0.05, 0) is 31.2 Å². The summed E-state index contributed by atoms with van der Waals surface area (Å²) in [7, 11) is 0. The van der Waals surface area contributed by atoms with Crippen molar-refractivity contribution in [3.63, 3.8) is 0 Å². The molecule has 2 atom stereocenters. The van der Waals surface area contributed by atoms with Crippen LogP contribution < -0.4 is 4.90 Å². The van der Waals surface area contributed by atoms with Crippen LogP contribution in [0.25, 0.3) is 0 Å². The molecule has 0 N–H and O–H groups in total. The molecule has 25 heavy (non-hydrogen) atoms. The molecule has 7 nitrogen and oxygen atoms in total. The van der Waals surface area contributed by atoms with Crippen LogP contribution >= 0.6 is 0 Å². The van der Waals surface area contributed by atoms with Crippen molar-refractivity contribution in [2.75, 3.05) is 24.5 Å². The number of rotatable bonds is 5. The van der Waals surface area contributed by atoms with Crippen LogP contribution in [-0.2, 0) is 11.3 Å². The molecule has 7 heteroatoms. The summed E-state index contributed by atoms with van der Waals surface area (Å²) in [6, 6.07) is 2.21. The number of aromatic nitrogens is 4. The van der Waals surface area contributed by atoms with Crippen LogP contribution in [0.1, 0.15) is 25.7 Å². The Balaban J connectivity index is 1.37. The lowest BCUT2D eigenvalue weighted by molar-refractivity contribution is -0.139. The maximum atomic E-state index is 12.5. The fraction of sp³-hybridized carbons (Fsp3) is 0.556. The molecule has 2 fully saturated rings. The summed E-state index contributed by atoms with van der Waals surface area (Å²) in [5, 5.41) is 0. The van der Waals surface area contributed by atoms with E-state index < -0.39 is 0 Å². The molecule has 0 radical (unpaired) electrons. The van der Waals surface area contributed by atoms with Crippen molar-refractivity contribution in [3.05, 3.63) is 37.2 Å². The van der Waals surface area contributed by atoms with Crippen LogP contribution in [0.15, 0.2) is 37.2 Å². The molecule has 2 aliphatic rings. The highest BCUT2D eigenvalue weighted by molar-refractivity contribution is 5.77. The Hall–Kier alpha value is -2.44. The van der Waals surface area contributed by atoms with E-state index in [-0.39, 0.29) is 0 Å². The molecule has 1 amide bonds. The third-order valence-electron chi connectivity index (χ3n) is 5.35. The zero-order valence-electron chi connectivity index (χ0n) is 14.4. The van der Waals surface area contributed by atoms with Gasteiger partial charge in [0.2, 0.25) is 11.9 Å². The van der Waals surface area contributed by atoms with E-state index in [1.165, 1.54) is 0 Å². The van der Waals surface area contributed by atoms with Crippen molar-refractivity contribution in [3.8, 4) is 0 Å². The SMILES string of the molecule is O=C1CC[C@@H]2CN(c3ncccn3)CC[C@@H]2N1CCCn1ccnc1. The summed E-state index contributed by atoms with van der Waals surface area (Å²) >= 11 is 0. The first kappa shape index (κ1) is 16.1. The van der Waals surface area contributed by atoms with E-state index in [9.17, 15) is 4.79 Å². The van der Waals surface area contributed by atoms with Crippen LogP contribution in [0.4, 0.5) is 5.95 Å². The maximum absolute atomic E-state index is 12.5. The third-order valence-corrected chi connectivity index (χ3v) is 5.35. The second-order valence-corrected chi connectivity index (χ2v) is 6.89.